The van der Waals surface area contributed by atoms with E-state index in [1.165, 1.54) is 11.4 Å². The first-order valence-electron chi connectivity index (χ1n) is 8.96. The lowest BCUT2D eigenvalue weighted by molar-refractivity contribution is 0.394. The number of aryl methyl sites for hydroxylation is 1. The molecule has 1 aliphatic heterocycles. The van der Waals surface area contributed by atoms with Gasteiger partial charge in [-0.1, -0.05) is 18.2 Å². The second-order valence-electron chi connectivity index (χ2n) is 6.75. The minimum absolute atomic E-state index is 0.163. The molecule has 0 spiro atoms. The lowest BCUT2D eigenvalue weighted by Crippen LogP contribution is -2.36. The van der Waals surface area contributed by atoms with Gasteiger partial charge in [-0.3, -0.25) is 4.57 Å². The van der Waals surface area contributed by atoms with Gasteiger partial charge in [0.05, 0.1) is 18.1 Å². The van der Waals surface area contributed by atoms with E-state index in [0.29, 0.717) is 12.2 Å². The maximum Gasteiger partial charge on any atom is 0.330 e. The van der Waals surface area contributed by atoms with Crippen molar-refractivity contribution in [1.29, 1.82) is 0 Å². The van der Waals surface area contributed by atoms with Crippen molar-refractivity contribution in [3.8, 4) is 5.75 Å². The van der Waals surface area contributed by atoms with Crippen LogP contribution in [0.25, 0.3) is 16.7 Å². The molecular weight excluding hydrogens is 378 g/mol. The molecule has 0 amide bonds. The molecule has 7 nitrogen and oxygen atoms in total. The highest BCUT2D eigenvalue weighted by Gasteiger charge is 2.30. The summed E-state index contributed by atoms with van der Waals surface area (Å²) in [7, 11) is -2.24. The molecule has 0 radical (unpaired) electrons. The number of hydrogen-bond donors (Lipinski definition) is 1. The van der Waals surface area contributed by atoms with E-state index in [4.69, 9.17) is 4.74 Å². The molecule has 0 aliphatic carbocycles. The number of benzene rings is 2. The first kappa shape index (κ1) is 18.5. The van der Waals surface area contributed by atoms with Crippen LogP contribution in [0.2, 0.25) is 0 Å². The van der Waals surface area contributed by atoms with Crippen LogP contribution in [0.5, 0.6) is 5.75 Å². The predicted molar refractivity (Wildman–Crippen MR) is 108 cm³/mol. The summed E-state index contributed by atoms with van der Waals surface area (Å²) in [4.78, 5) is 15.4. The Hall–Kier alpha value is -2.84. The molecule has 8 heteroatoms. The molecule has 28 heavy (non-hydrogen) atoms. The van der Waals surface area contributed by atoms with Gasteiger partial charge in [0.25, 0.3) is 0 Å². The molecule has 0 saturated heterocycles. The molecule has 0 unspecified atom stereocenters. The first-order chi connectivity index (χ1) is 13.4. The predicted octanol–water partition coefficient (Wildman–Crippen LogP) is 2.58. The molecule has 0 saturated carbocycles. The number of methoxy groups -OCH3 is 1. The maximum absolute atomic E-state index is 13.1. The zero-order chi connectivity index (χ0) is 19.9. The molecule has 146 valence electrons. The van der Waals surface area contributed by atoms with Crippen molar-refractivity contribution in [2.24, 2.45) is 0 Å². The highest BCUT2D eigenvalue weighted by atomic mass is 32.2. The largest absolute Gasteiger partial charge is 0.495 e. The van der Waals surface area contributed by atoms with Gasteiger partial charge in [-0.05, 0) is 42.8 Å². The van der Waals surface area contributed by atoms with E-state index in [2.05, 4.69) is 4.98 Å². The number of hydrogen-bond acceptors (Lipinski definition) is 4. The van der Waals surface area contributed by atoms with Crippen molar-refractivity contribution in [3.05, 3.63) is 64.6 Å². The van der Waals surface area contributed by atoms with Gasteiger partial charge < -0.3 is 9.72 Å². The molecule has 1 aliphatic rings. The number of sulfonamides is 1. The Morgan fingerprint density at radius 1 is 1.14 bits per heavy atom. The van der Waals surface area contributed by atoms with Gasteiger partial charge in [-0.2, -0.15) is 4.31 Å². The number of nitrogens with one attached hydrogen (secondary N) is 1. The van der Waals surface area contributed by atoms with Crippen LogP contribution in [0.4, 0.5) is 0 Å². The first-order valence-corrected chi connectivity index (χ1v) is 10.4. The third-order valence-electron chi connectivity index (χ3n) is 4.96. The molecule has 2 aromatic carbocycles. The molecule has 3 aromatic rings. The van der Waals surface area contributed by atoms with E-state index < -0.39 is 10.0 Å². The normalized spacial score (nSPS) is 15.6. The number of ether oxygens (including phenoxy) is 1. The average Bonchev–Trinajstić information content (AvgIpc) is 3.03. The van der Waals surface area contributed by atoms with Crippen LogP contribution >= 0.6 is 0 Å². The lowest BCUT2D eigenvalue weighted by atomic mass is 10.2. The Balaban J connectivity index is 1.68. The molecule has 4 rings (SSSR count). The third-order valence-corrected chi connectivity index (χ3v) is 6.85. The number of para-hydroxylation sites is 2. The summed E-state index contributed by atoms with van der Waals surface area (Å²) in [5.41, 5.74) is 2.97. The van der Waals surface area contributed by atoms with Crippen molar-refractivity contribution in [2.75, 3.05) is 20.2 Å². The standard InChI is InChI=1S/C20H21N3O4S/c1-14-7-8-18(27-2)19(13-14)28(25,26)22-11-9-15(10-12-22)23-17-6-4-3-5-16(17)21-20(23)24/h3-9,13H,10-12H2,1-2H3,(H,21,24). The SMILES string of the molecule is COc1ccc(C)cc1S(=O)(=O)N1CC=C(n2c(=O)[nH]c3ccccc32)CC1. The van der Waals surface area contributed by atoms with Crippen LogP contribution in [0.3, 0.4) is 0 Å². The second kappa shape index (κ2) is 6.96. The van der Waals surface area contributed by atoms with E-state index in [-0.39, 0.29) is 23.7 Å². The van der Waals surface area contributed by atoms with Crippen LogP contribution in [-0.4, -0.2) is 42.5 Å². The highest BCUT2D eigenvalue weighted by Crippen LogP contribution is 2.30. The maximum atomic E-state index is 13.1. The zero-order valence-corrected chi connectivity index (χ0v) is 16.5. The molecule has 0 atom stereocenters. The Labute approximate surface area is 162 Å². The lowest BCUT2D eigenvalue weighted by Gasteiger charge is -2.26. The molecule has 0 bridgehead atoms. The van der Waals surface area contributed by atoms with Crippen molar-refractivity contribution < 1.29 is 13.2 Å². The molecule has 1 N–H and O–H groups in total. The van der Waals surface area contributed by atoms with E-state index in [1.807, 2.05) is 37.3 Å². The summed E-state index contributed by atoms with van der Waals surface area (Å²) in [5.74, 6) is 0.327. The fourth-order valence-corrected chi connectivity index (χ4v) is 5.15. The molecule has 2 heterocycles. The smallest absolute Gasteiger partial charge is 0.330 e. The Morgan fingerprint density at radius 3 is 2.64 bits per heavy atom. The summed E-state index contributed by atoms with van der Waals surface area (Å²) in [6.45, 7) is 2.33. The number of fused-ring (bicyclic) bond motifs is 1. The number of rotatable bonds is 4. The van der Waals surface area contributed by atoms with Gasteiger partial charge in [0, 0.05) is 25.2 Å². The van der Waals surface area contributed by atoms with Crippen LogP contribution in [0.15, 0.2) is 58.2 Å². The van der Waals surface area contributed by atoms with Crippen LogP contribution in [0, 0.1) is 6.92 Å². The molecular formula is C20H21N3O4S. The van der Waals surface area contributed by atoms with Gasteiger partial charge in [-0.25, -0.2) is 13.2 Å². The van der Waals surface area contributed by atoms with Gasteiger partial charge >= 0.3 is 5.69 Å². The van der Waals surface area contributed by atoms with E-state index in [9.17, 15) is 13.2 Å². The summed E-state index contributed by atoms with van der Waals surface area (Å²) in [6, 6.07) is 12.6. The van der Waals surface area contributed by atoms with Crippen molar-refractivity contribution in [3.63, 3.8) is 0 Å². The van der Waals surface area contributed by atoms with Crippen molar-refractivity contribution in [2.45, 2.75) is 18.2 Å². The van der Waals surface area contributed by atoms with E-state index in [0.717, 1.165) is 22.3 Å². The minimum Gasteiger partial charge on any atom is -0.495 e. The second-order valence-corrected chi connectivity index (χ2v) is 8.65. The monoisotopic (exact) mass is 399 g/mol. The van der Waals surface area contributed by atoms with Gasteiger partial charge in [0.15, 0.2) is 0 Å². The fraction of sp³-hybridized carbons (Fsp3) is 0.250. The van der Waals surface area contributed by atoms with E-state index >= 15 is 0 Å². The Bertz CT molecular complexity index is 1240. The summed E-state index contributed by atoms with van der Waals surface area (Å²) >= 11 is 0. The Kier molecular flexibility index (Phi) is 4.60. The fourth-order valence-electron chi connectivity index (χ4n) is 3.53. The number of H-pyrrole nitrogens is 1. The van der Waals surface area contributed by atoms with Crippen LogP contribution in [-0.2, 0) is 10.0 Å². The van der Waals surface area contributed by atoms with Gasteiger partial charge in [0.2, 0.25) is 10.0 Å². The number of aromatic amines is 1. The quantitative estimate of drug-likeness (QED) is 0.731. The molecule has 1 aromatic heterocycles. The number of nitrogens with zero attached hydrogens (tertiary/aromatic N) is 2. The summed E-state index contributed by atoms with van der Waals surface area (Å²) < 4.78 is 34.5. The highest BCUT2D eigenvalue weighted by molar-refractivity contribution is 7.89. The van der Waals surface area contributed by atoms with Crippen LogP contribution < -0.4 is 10.4 Å². The Morgan fingerprint density at radius 2 is 1.93 bits per heavy atom. The topological polar surface area (TPSA) is 84.4 Å². The van der Waals surface area contributed by atoms with Crippen molar-refractivity contribution >= 4 is 26.8 Å². The van der Waals surface area contributed by atoms with Gasteiger partial charge in [0.1, 0.15) is 10.6 Å². The zero-order valence-electron chi connectivity index (χ0n) is 15.7. The third kappa shape index (κ3) is 3.04. The molecule has 0 fully saturated rings. The number of aromatic nitrogens is 2. The van der Waals surface area contributed by atoms with Gasteiger partial charge in [-0.15, -0.1) is 0 Å². The average molecular weight is 399 g/mol. The minimum atomic E-state index is -3.70. The summed E-state index contributed by atoms with van der Waals surface area (Å²) in [6.07, 6.45) is 2.24. The van der Waals surface area contributed by atoms with E-state index in [1.54, 1.807) is 22.8 Å². The van der Waals surface area contributed by atoms with Crippen molar-refractivity contribution in [1.82, 2.24) is 13.9 Å². The van der Waals surface area contributed by atoms with Crippen LogP contribution in [0.1, 0.15) is 12.0 Å². The number of imidazole rings is 1. The summed E-state index contributed by atoms with van der Waals surface area (Å²) in [5, 5.41) is 0.